The Morgan fingerprint density at radius 2 is 1.92 bits per heavy atom. The van der Waals surface area contributed by atoms with Crippen molar-refractivity contribution in [1.29, 1.82) is 15.8 Å². The van der Waals surface area contributed by atoms with Gasteiger partial charge < -0.3 is 5.32 Å². The normalized spacial score (nSPS) is 27.8. The molecule has 2 aliphatic rings. The van der Waals surface area contributed by atoms with Crippen LogP contribution in [0.4, 0.5) is 4.39 Å². The fourth-order valence-electron chi connectivity index (χ4n) is 3.95. The molecule has 0 saturated heterocycles. The van der Waals surface area contributed by atoms with Crippen molar-refractivity contribution in [2.45, 2.75) is 5.92 Å². The van der Waals surface area contributed by atoms with Crippen LogP contribution < -0.4 is 10.7 Å². The lowest BCUT2D eigenvalue weighted by Gasteiger charge is -2.42. The molecular formula is C18H16FN5+2. The first kappa shape index (κ1) is 15.9. The maximum atomic E-state index is 14.5. The summed E-state index contributed by atoms with van der Waals surface area (Å²) in [7, 11) is 0. The van der Waals surface area contributed by atoms with Gasteiger partial charge in [-0.25, -0.2) is 4.39 Å². The first-order valence-electron chi connectivity index (χ1n) is 7.71. The highest BCUT2D eigenvalue weighted by Crippen LogP contribution is 2.51. The molecule has 5 nitrogen and oxygen atoms in total. The average Bonchev–Trinajstić information content (AvgIpc) is 2.62. The third-order valence-corrected chi connectivity index (χ3v) is 5.06. The molecule has 24 heavy (non-hydrogen) atoms. The minimum Gasteiger partial charge on any atom is -0.342 e. The van der Waals surface area contributed by atoms with E-state index in [0.29, 0.717) is 18.7 Å². The maximum absolute atomic E-state index is 14.5. The zero-order chi connectivity index (χ0) is 17.3. The first-order chi connectivity index (χ1) is 11.6. The Balaban J connectivity index is 2.29. The molecule has 0 spiro atoms. The summed E-state index contributed by atoms with van der Waals surface area (Å²) in [4.78, 5) is 0. The van der Waals surface area contributed by atoms with Crippen molar-refractivity contribution in [3.8, 4) is 18.2 Å². The van der Waals surface area contributed by atoms with E-state index < -0.39 is 23.1 Å². The highest BCUT2D eigenvalue weighted by molar-refractivity contribution is 5.98. The SMILES string of the molecule is N#C[C@@H]1C(=[NH2+])C(C#N)(C#N)[C@@H](c2ccccc2F)[C@H]2C[NH2+]CC=C12. The van der Waals surface area contributed by atoms with E-state index in [9.17, 15) is 20.2 Å². The molecule has 0 unspecified atom stereocenters. The lowest BCUT2D eigenvalue weighted by molar-refractivity contribution is -0.654. The molecule has 0 bridgehead atoms. The lowest BCUT2D eigenvalue weighted by Crippen LogP contribution is -2.87. The van der Waals surface area contributed by atoms with E-state index in [1.54, 1.807) is 18.2 Å². The molecule has 3 rings (SSSR count). The standard InChI is InChI=1S/C18H14FN5/c19-15-4-2-1-3-12(15)16-14-8-24-6-5-11(14)13(7-20)17(23)18(16,9-21)10-22/h1-5,13-14,16,23-24H,6,8H2/p+2/t13-,14-,16-/m0/s1. The van der Waals surface area contributed by atoms with Crippen molar-refractivity contribution in [3.05, 3.63) is 47.3 Å². The summed E-state index contributed by atoms with van der Waals surface area (Å²) in [6.07, 6.45) is 1.92. The molecule has 1 saturated carbocycles. The Labute approximate surface area is 139 Å². The van der Waals surface area contributed by atoms with Gasteiger partial charge in [-0.15, -0.1) is 0 Å². The molecule has 0 amide bonds. The fraction of sp³-hybridized carbons (Fsp3) is 0.333. The van der Waals surface area contributed by atoms with E-state index in [4.69, 9.17) is 5.41 Å². The van der Waals surface area contributed by atoms with Gasteiger partial charge in [-0.3, -0.25) is 5.41 Å². The van der Waals surface area contributed by atoms with E-state index in [-0.39, 0.29) is 11.6 Å². The van der Waals surface area contributed by atoms with Crippen LogP contribution in [0.3, 0.4) is 0 Å². The van der Waals surface area contributed by atoms with Crippen LogP contribution in [0.15, 0.2) is 35.9 Å². The summed E-state index contributed by atoms with van der Waals surface area (Å²) in [6, 6.07) is 12.3. The van der Waals surface area contributed by atoms with Crippen molar-refractivity contribution in [1.82, 2.24) is 0 Å². The van der Waals surface area contributed by atoms with Crippen molar-refractivity contribution >= 4 is 5.71 Å². The molecule has 0 aromatic heterocycles. The van der Waals surface area contributed by atoms with Crippen LogP contribution in [0, 0.1) is 57.1 Å². The highest BCUT2D eigenvalue weighted by Gasteiger charge is 2.61. The quantitative estimate of drug-likeness (QED) is 0.674. The van der Waals surface area contributed by atoms with E-state index >= 15 is 0 Å². The summed E-state index contributed by atoms with van der Waals surface area (Å²) in [5.74, 6) is -2.27. The number of nitrogens with zero attached hydrogens (tertiary/aromatic N) is 3. The average molecular weight is 321 g/mol. The Morgan fingerprint density at radius 1 is 1.21 bits per heavy atom. The summed E-state index contributed by atoms with van der Waals surface area (Å²) in [6.45, 7) is 1.29. The molecule has 0 radical (unpaired) electrons. The molecule has 3 atom stereocenters. The summed E-state index contributed by atoms with van der Waals surface area (Å²) >= 11 is 0. The second-order valence-electron chi connectivity index (χ2n) is 6.12. The van der Waals surface area contributed by atoms with E-state index in [1.165, 1.54) is 6.07 Å². The van der Waals surface area contributed by atoms with Crippen LogP contribution in [0.25, 0.3) is 0 Å². The monoisotopic (exact) mass is 321 g/mol. The van der Waals surface area contributed by atoms with E-state index in [1.807, 2.05) is 23.5 Å². The summed E-state index contributed by atoms with van der Waals surface area (Å²) in [5, 5.41) is 37.3. The van der Waals surface area contributed by atoms with Gasteiger partial charge >= 0.3 is 0 Å². The first-order valence-corrected chi connectivity index (χ1v) is 7.71. The predicted molar refractivity (Wildman–Crippen MR) is 82.1 cm³/mol. The summed E-state index contributed by atoms with van der Waals surface area (Å²) < 4.78 is 14.5. The van der Waals surface area contributed by atoms with Crippen LogP contribution in [-0.4, -0.2) is 18.8 Å². The zero-order valence-corrected chi connectivity index (χ0v) is 12.9. The number of fused-ring (bicyclic) bond motifs is 1. The van der Waals surface area contributed by atoms with Gasteiger partial charge in [0.15, 0.2) is 5.92 Å². The number of nitriles is 3. The number of benzene rings is 1. The smallest absolute Gasteiger partial charge is 0.231 e. The van der Waals surface area contributed by atoms with Crippen LogP contribution >= 0.6 is 0 Å². The van der Waals surface area contributed by atoms with Crippen LogP contribution in [0.1, 0.15) is 11.5 Å². The van der Waals surface area contributed by atoms with E-state index in [2.05, 4.69) is 6.07 Å². The Bertz CT molecular complexity index is 837. The molecular weight excluding hydrogens is 305 g/mol. The van der Waals surface area contributed by atoms with Gasteiger partial charge in [0, 0.05) is 11.8 Å². The topological polar surface area (TPSA) is 114 Å². The van der Waals surface area contributed by atoms with Gasteiger partial charge in [0.2, 0.25) is 11.1 Å². The maximum Gasteiger partial charge on any atom is 0.231 e. The van der Waals surface area contributed by atoms with E-state index in [0.717, 1.165) is 5.57 Å². The highest BCUT2D eigenvalue weighted by atomic mass is 19.1. The molecule has 1 heterocycles. The predicted octanol–water partition coefficient (Wildman–Crippen LogP) is -0.584. The summed E-state index contributed by atoms with van der Waals surface area (Å²) in [5.41, 5.74) is -0.624. The van der Waals surface area contributed by atoms with Gasteiger partial charge in [0.25, 0.3) is 0 Å². The molecule has 1 aliphatic carbocycles. The molecule has 4 N–H and O–H groups in total. The molecule has 1 aromatic carbocycles. The Kier molecular flexibility index (Phi) is 3.89. The number of nitrogens with two attached hydrogens (primary N) is 2. The van der Waals surface area contributed by atoms with Crippen LogP contribution in [0.5, 0.6) is 0 Å². The van der Waals surface area contributed by atoms with Crippen molar-refractivity contribution in [2.24, 2.45) is 17.3 Å². The number of hydrogen-bond acceptors (Lipinski definition) is 3. The fourth-order valence-corrected chi connectivity index (χ4v) is 3.95. The number of halogens is 1. The van der Waals surface area contributed by atoms with Crippen molar-refractivity contribution in [2.75, 3.05) is 13.1 Å². The van der Waals surface area contributed by atoms with Gasteiger partial charge in [0.05, 0.1) is 31.3 Å². The number of hydrogen-bond donors (Lipinski definition) is 2. The van der Waals surface area contributed by atoms with Crippen LogP contribution in [0.2, 0.25) is 0 Å². The molecule has 1 aliphatic heterocycles. The minimum atomic E-state index is -1.73. The molecule has 118 valence electrons. The molecule has 6 heteroatoms. The number of quaternary nitrogens is 1. The zero-order valence-electron chi connectivity index (χ0n) is 12.9. The van der Waals surface area contributed by atoms with Crippen molar-refractivity contribution in [3.63, 3.8) is 0 Å². The number of rotatable bonds is 1. The van der Waals surface area contributed by atoms with Gasteiger partial charge in [0.1, 0.15) is 5.82 Å². The van der Waals surface area contributed by atoms with Gasteiger partial charge in [-0.2, -0.15) is 15.8 Å². The van der Waals surface area contributed by atoms with Gasteiger partial charge in [-0.1, -0.05) is 18.2 Å². The van der Waals surface area contributed by atoms with Crippen LogP contribution in [-0.2, 0) is 0 Å². The Morgan fingerprint density at radius 3 is 2.54 bits per heavy atom. The molecule has 1 aromatic rings. The molecule has 1 fully saturated rings. The third kappa shape index (κ3) is 2.03. The second-order valence-corrected chi connectivity index (χ2v) is 6.12. The van der Waals surface area contributed by atoms with Gasteiger partial charge in [-0.05, 0) is 23.3 Å². The lowest BCUT2D eigenvalue weighted by atomic mass is 9.54. The van der Waals surface area contributed by atoms with Crippen molar-refractivity contribution < 1.29 is 15.1 Å². The third-order valence-electron chi connectivity index (χ3n) is 5.06. The minimum absolute atomic E-state index is 0.00709. The second kappa shape index (κ2) is 5.89. The largest absolute Gasteiger partial charge is 0.342 e. The Hall–Kier alpha value is -3.01.